The zero-order valence-corrected chi connectivity index (χ0v) is 27.6. The van der Waals surface area contributed by atoms with Crippen LogP contribution in [-0.4, -0.2) is 67.6 Å². The number of nitrogens with one attached hydrogen (secondary N) is 1. The molecule has 1 aromatic heterocycles. The van der Waals surface area contributed by atoms with Crippen molar-refractivity contribution >= 4 is 29.1 Å². The third-order valence-electron chi connectivity index (χ3n) is 6.78. The highest BCUT2D eigenvalue weighted by Gasteiger charge is 2.31. The van der Waals surface area contributed by atoms with Crippen molar-refractivity contribution in [1.82, 2.24) is 15.2 Å². The predicted octanol–water partition coefficient (Wildman–Crippen LogP) is 5.90. The molecule has 0 aliphatic rings. The molecule has 2 amide bonds. The van der Waals surface area contributed by atoms with Gasteiger partial charge in [0.15, 0.2) is 5.69 Å². The fraction of sp³-hybridized carbons (Fsp3) is 0.742. The predicted molar refractivity (Wildman–Crippen MR) is 168 cm³/mol. The first-order valence-corrected chi connectivity index (χ1v) is 16.0. The van der Waals surface area contributed by atoms with Gasteiger partial charge in [-0.25, -0.2) is 9.78 Å². The standard InChI is InChI=1S/C24H40N2O4S.C7H16N2O/c1-8-11-12-13-26(22(27)14-18(6)9-2)20(17(4)5)15-21(30-10-3)23-25-19(16-31-23)24(28)29-7;1-9-6-4-2-3-5-7(8)10/h11-12,16-18,20-21H,8-10,13-15H2,1-7H3;9H,2-6H2,1H3,(H2,8,10)/b12-11+;/t18-,20?,21?;/m0./s1. The molecular weight excluding hydrogens is 540 g/mol. The number of ether oxygens (including phenoxy) is 2. The Balaban J connectivity index is 0.00000136. The fourth-order valence-corrected chi connectivity index (χ4v) is 5.02. The van der Waals surface area contributed by atoms with E-state index < -0.39 is 5.97 Å². The molecule has 3 N–H and O–H groups in total. The molecule has 10 heteroatoms. The van der Waals surface area contributed by atoms with E-state index in [0.29, 0.717) is 44.0 Å². The molecule has 0 saturated carbocycles. The molecule has 1 aromatic rings. The Morgan fingerprint density at radius 2 is 1.83 bits per heavy atom. The summed E-state index contributed by atoms with van der Waals surface area (Å²) in [4.78, 5) is 41.8. The number of carbonyl (C=O) groups is 3. The number of allylic oxidation sites excluding steroid dienone is 1. The van der Waals surface area contributed by atoms with E-state index in [2.05, 4.69) is 57.1 Å². The second-order valence-corrected chi connectivity index (χ2v) is 11.5. The summed E-state index contributed by atoms with van der Waals surface area (Å²) >= 11 is 1.40. The molecule has 41 heavy (non-hydrogen) atoms. The summed E-state index contributed by atoms with van der Waals surface area (Å²) in [7, 11) is 3.27. The van der Waals surface area contributed by atoms with E-state index >= 15 is 0 Å². The Hall–Kier alpha value is -2.30. The molecule has 3 atom stereocenters. The molecule has 0 bridgehead atoms. The summed E-state index contributed by atoms with van der Waals surface area (Å²) in [5, 5.41) is 5.48. The smallest absolute Gasteiger partial charge is 0.357 e. The molecule has 0 spiro atoms. The van der Waals surface area contributed by atoms with E-state index in [1.54, 1.807) is 5.38 Å². The first-order valence-electron chi connectivity index (χ1n) is 15.1. The number of carbonyl (C=O) groups excluding carboxylic acids is 3. The number of aromatic nitrogens is 1. The average Bonchev–Trinajstić information content (AvgIpc) is 3.43. The van der Waals surface area contributed by atoms with Crippen LogP contribution in [0.1, 0.15) is 115 Å². The van der Waals surface area contributed by atoms with Crippen LogP contribution in [0.2, 0.25) is 0 Å². The summed E-state index contributed by atoms with van der Waals surface area (Å²) in [6.45, 7) is 14.7. The molecule has 2 unspecified atom stereocenters. The van der Waals surface area contributed by atoms with Crippen molar-refractivity contribution in [3.05, 3.63) is 28.2 Å². The normalized spacial score (nSPS) is 13.4. The highest BCUT2D eigenvalue weighted by Crippen LogP contribution is 2.31. The summed E-state index contributed by atoms with van der Waals surface area (Å²) in [6.07, 6.45) is 10.7. The van der Waals surface area contributed by atoms with Crippen LogP contribution < -0.4 is 11.1 Å². The monoisotopic (exact) mass is 596 g/mol. The Kier molecular flexibility index (Phi) is 22.0. The lowest BCUT2D eigenvalue weighted by atomic mass is 9.94. The van der Waals surface area contributed by atoms with Gasteiger partial charge in [-0.3, -0.25) is 9.59 Å². The van der Waals surface area contributed by atoms with E-state index in [0.717, 1.165) is 43.7 Å². The van der Waals surface area contributed by atoms with Crippen molar-refractivity contribution in [2.75, 3.05) is 33.9 Å². The van der Waals surface area contributed by atoms with Gasteiger partial charge >= 0.3 is 5.97 Å². The Morgan fingerprint density at radius 3 is 2.37 bits per heavy atom. The number of hydrogen-bond donors (Lipinski definition) is 2. The van der Waals surface area contributed by atoms with Crippen LogP contribution in [0.15, 0.2) is 17.5 Å². The van der Waals surface area contributed by atoms with Crippen LogP contribution in [0.3, 0.4) is 0 Å². The van der Waals surface area contributed by atoms with E-state index in [-0.39, 0.29) is 29.9 Å². The lowest BCUT2D eigenvalue weighted by Gasteiger charge is -2.36. The molecule has 0 aromatic carbocycles. The zero-order valence-electron chi connectivity index (χ0n) is 26.7. The highest BCUT2D eigenvalue weighted by atomic mass is 32.1. The number of nitrogens with zero attached hydrogens (tertiary/aromatic N) is 2. The van der Waals surface area contributed by atoms with Crippen molar-refractivity contribution in [3.63, 3.8) is 0 Å². The van der Waals surface area contributed by atoms with Crippen molar-refractivity contribution in [2.24, 2.45) is 17.6 Å². The number of hydrogen-bond acceptors (Lipinski definition) is 8. The minimum absolute atomic E-state index is 0.0000823. The van der Waals surface area contributed by atoms with Gasteiger partial charge in [0.2, 0.25) is 11.8 Å². The van der Waals surface area contributed by atoms with Crippen LogP contribution in [0.4, 0.5) is 0 Å². The lowest BCUT2D eigenvalue weighted by molar-refractivity contribution is -0.135. The number of thiazole rings is 1. The molecular formula is C31H56N4O5S. The Morgan fingerprint density at radius 1 is 1.12 bits per heavy atom. The number of rotatable bonds is 20. The Labute approximate surface area is 252 Å². The van der Waals surface area contributed by atoms with E-state index in [1.807, 2.05) is 18.9 Å². The second kappa shape index (κ2) is 23.3. The molecule has 0 fully saturated rings. The third-order valence-corrected chi connectivity index (χ3v) is 7.72. The first-order chi connectivity index (χ1) is 19.6. The maximum absolute atomic E-state index is 13.2. The van der Waals surface area contributed by atoms with E-state index in [9.17, 15) is 14.4 Å². The molecule has 0 aliphatic heterocycles. The quantitative estimate of drug-likeness (QED) is 0.109. The van der Waals surface area contributed by atoms with Crippen LogP contribution in [0, 0.1) is 11.8 Å². The summed E-state index contributed by atoms with van der Waals surface area (Å²) < 4.78 is 10.8. The number of unbranched alkanes of at least 4 members (excludes halogenated alkanes) is 2. The van der Waals surface area contributed by atoms with Gasteiger partial charge in [-0.15, -0.1) is 11.3 Å². The van der Waals surface area contributed by atoms with Crippen LogP contribution >= 0.6 is 11.3 Å². The van der Waals surface area contributed by atoms with Gasteiger partial charge in [-0.1, -0.05) is 59.6 Å². The fourth-order valence-electron chi connectivity index (χ4n) is 4.17. The molecule has 9 nitrogen and oxygen atoms in total. The molecule has 1 heterocycles. The number of amides is 2. The first kappa shape index (κ1) is 38.7. The number of esters is 1. The van der Waals surface area contributed by atoms with E-state index in [4.69, 9.17) is 15.2 Å². The van der Waals surface area contributed by atoms with Crippen molar-refractivity contribution in [2.45, 2.75) is 105 Å². The maximum atomic E-state index is 13.2. The SMILES string of the molecule is CC/C=C/CN(C(=O)C[C@@H](C)CC)C(CC(OCC)c1nc(C(=O)OC)cs1)C(C)C.CNCCCCCC(N)=O. The van der Waals surface area contributed by atoms with Crippen molar-refractivity contribution < 1.29 is 23.9 Å². The van der Waals surface area contributed by atoms with Crippen LogP contribution in [0.5, 0.6) is 0 Å². The van der Waals surface area contributed by atoms with E-state index in [1.165, 1.54) is 18.4 Å². The maximum Gasteiger partial charge on any atom is 0.357 e. The van der Waals surface area contributed by atoms with Gasteiger partial charge in [0, 0.05) is 43.8 Å². The number of primary amides is 1. The molecule has 236 valence electrons. The van der Waals surface area contributed by atoms with Gasteiger partial charge in [-0.05, 0) is 51.6 Å². The molecule has 0 radical (unpaired) electrons. The van der Waals surface area contributed by atoms with Gasteiger partial charge in [-0.2, -0.15) is 0 Å². The number of nitrogens with two attached hydrogens (primary N) is 1. The molecule has 0 aliphatic carbocycles. The average molecular weight is 597 g/mol. The van der Waals surface area contributed by atoms with Gasteiger partial charge in [0.25, 0.3) is 0 Å². The zero-order chi connectivity index (χ0) is 31.2. The summed E-state index contributed by atoms with van der Waals surface area (Å²) in [6, 6.07) is 0.0000823. The van der Waals surface area contributed by atoms with Gasteiger partial charge < -0.3 is 25.4 Å². The summed E-state index contributed by atoms with van der Waals surface area (Å²) in [5.74, 6) is 0.136. The van der Waals surface area contributed by atoms with Crippen LogP contribution in [-0.2, 0) is 19.1 Å². The minimum Gasteiger partial charge on any atom is -0.464 e. The highest BCUT2D eigenvalue weighted by molar-refractivity contribution is 7.09. The largest absolute Gasteiger partial charge is 0.464 e. The Bertz CT molecular complexity index is 890. The topological polar surface area (TPSA) is 124 Å². The van der Waals surface area contributed by atoms with Crippen LogP contribution in [0.25, 0.3) is 0 Å². The lowest BCUT2D eigenvalue weighted by Crippen LogP contribution is -2.45. The summed E-state index contributed by atoms with van der Waals surface area (Å²) in [5.41, 5.74) is 5.25. The van der Waals surface area contributed by atoms with Gasteiger partial charge in [0.1, 0.15) is 11.1 Å². The molecule has 1 rings (SSSR count). The second-order valence-electron chi connectivity index (χ2n) is 10.6. The van der Waals surface area contributed by atoms with Gasteiger partial charge in [0.05, 0.1) is 7.11 Å². The van der Waals surface area contributed by atoms with Crippen molar-refractivity contribution in [1.29, 1.82) is 0 Å². The van der Waals surface area contributed by atoms with Crippen molar-refractivity contribution in [3.8, 4) is 0 Å². The number of methoxy groups -OCH3 is 1. The third kappa shape index (κ3) is 16.7. The minimum atomic E-state index is -0.451. The molecule has 0 saturated heterocycles.